The average molecular weight is 325 g/mol. The molecule has 0 spiro atoms. The van der Waals surface area contributed by atoms with Gasteiger partial charge in [-0.05, 0) is 44.0 Å². The van der Waals surface area contributed by atoms with Crippen LogP contribution in [0.2, 0.25) is 0 Å². The maximum atomic E-state index is 12.7. The number of carbonyl (C=O) groups excluding carboxylic acids is 2. The SMILES string of the molecule is Cc1ccc(C(=O)N[C@H]2CCCN(c3ccccc3)C2=O)c(=O)[nH]1. The number of hydrogen-bond acceptors (Lipinski definition) is 3. The van der Waals surface area contributed by atoms with Crippen LogP contribution >= 0.6 is 0 Å². The minimum Gasteiger partial charge on any atom is -0.340 e. The molecule has 2 heterocycles. The van der Waals surface area contributed by atoms with Crippen molar-refractivity contribution in [3.05, 3.63) is 64.1 Å². The van der Waals surface area contributed by atoms with Crippen LogP contribution in [0.5, 0.6) is 0 Å². The highest BCUT2D eigenvalue weighted by Gasteiger charge is 2.31. The Kier molecular flexibility index (Phi) is 4.46. The molecular weight excluding hydrogens is 306 g/mol. The van der Waals surface area contributed by atoms with Crippen LogP contribution < -0.4 is 15.8 Å². The first kappa shape index (κ1) is 16.0. The molecule has 124 valence electrons. The fourth-order valence-electron chi connectivity index (χ4n) is 2.86. The third-order valence-electron chi connectivity index (χ3n) is 4.11. The lowest BCUT2D eigenvalue weighted by Gasteiger charge is -2.32. The molecule has 6 nitrogen and oxygen atoms in total. The van der Waals surface area contributed by atoms with Crippen molar-refractivity contribution in [1.29, 1.82) is 0 Å². The summed E-state index contributed by atoms with van der Waals surface area (Å²) in [5.74, 6) is -0.672. The number of para-hydroxylation sites is 1. The van der Waals surface area contributed by atoms with E-state index in [-0.39, 0.29) is 11.5 Å². The van der Waals surface area contributed by atoms with Crippen molar-refractivity contribution in [3.63, 3.8) is 0 Å². The van der Waals surface area contributed by atoms with Crippen LogP contribution in [0.3, 0.4) is 0 Å². The van der Waals surface area contributed by atoms with Gasteiger partial charge in [-0.1, -0.05) is 18.2 Å². The Hall–Kier alpha value is -2.89. The second-order valence-electron chi connectivity index (χ2n) is 5.88. The minimum absolute atomic E-state index is 0.0187. The number of anilines is 1. The summed E-state index contributed by atoms with van der Waals surface area (Å²) in [7, 11) is 0. The zero-order chi connectivity index (χ0) is 17.1. The van der Waals surface area contributed by atoms with E-state index in [1.807, 2.05) is 30.3 Å². The number of carbonyl (C=O) groups is 2. The van der Waals surface area contributed by atoms with Crippen LogP contribution in [0.25, 0.3) is 0 Å². The number of aryl methyl sites for hydroxylation is 1. The molecule has 0 saturated carbocycles. The molecule has 1 saturated heterocycles. The van der Waals surface area contributed by atoms with Gasteiger partial charge in [0.1, 0.15) is 11.6 Å². The Balaban J connectivity index is 1.76. The lowest BCUT2D eigenvalue weighted by Crippen LogP contribution is -2.53. The van der Waals surface area contributed by atoms with E-state index in [1.54, 1.807) is 17.9 Å². The molecule has 0 bridgehead atoms. The number of hydrogen-bond donors (Lipinski definition) is 2. The summed E-state index contributed by atoms with van der Waals surface area (Å²) < 4.78 is 0. The molecule has 0 aliphatic carbocycles. The monoisotopic (exact) mass is 325 g/mol. The highest BCUT2D eigenvalue weighted by atomic mass is 16.2. The van der Waals surface area contributed by atoms with E-state index in [0.29, 0.717) is 18.7 Å². The van der Waals surface area contributed by atoms with Gasteiger partial charge in [0.15, 0.2) is 0 Å². The van der Waals surface area contributed by atoms with Gasteiger partial charge in [-0.2, -0.15) is 0 Å². The topological polar surface area (TPSA) is 82.3 Å². The van der Waals surface area contributed by atoms with Crippen LogP contribution in [0.1, 0.15) is 28.9 Å². The Morgan fingerprint density at radius 1 is 1.17 bits per heavy atom. The van der Waals surface area contributed by atoms with Crippen molar-refractivity contribution < 1.29 is 9.59 Å². The summed E-state index contributed by atoms with van der Waals surface area (Å²) >= 11 is 0. The van der Waals surface area contributed by atoms with Crippen molar-refractivity contribution in [2.45, 2.75) is 25.8 Å². The molecule has 1 aliphatic heterocycles. The fraction of sp³-hybridized carbons (Fsp3) is 0.278. The molecule has 1 aromatic heterocycles. The first-order valence-electron chi connectivity index (χ1n) is 7.93. The summed E-state index contributed by atoms with van der Waals surface area (Å²) in [5, 5.41) is 2.69. The molecular formula is C18H19N3O3. The quantitative estimate of drug-likeness (QED) is 0.899. The van der Waals surface area contributed by atoms with Gasteiger partial charge in [0.05, 0.1) is 0 Å². The zero-order valence-electron chi connectivity index (χ0n) is 13.4. The molecule has 2 aromatic rings. The number of H-pyrrole nitrogens is 1. The molecule has 6 heteroatoms. The van der Waals surface area contributed by atoms with Gasteiger partial charge in [-0.25, -0.2) is 0 Å². The summed E-state index contributed by atoms with van der Waals surface area (Å²) in [6.45, 7) is 2.37. The number of piperidine rings is 1. The van der Waals surface area contributed by atoms with Crippen molar-refractivity contribution in [2.24, 2.45) is 0 Å². The van der Waals surface area contributed by atoms with E-state index in [9.17, 15) is 14.4 Å². The molecule has 2 amide bonds. The van der Waals surface area contributed by atoms with E-state index < -0.39 is 17.5 Å². The van der Waals surface area contributed by atoms with Gasteiger partial charge in [0, 0.05) is 17.9 Å². The van der Waals surface area contributed by atoms with Gasteiger partial charge in [0.2, 0.25) is 5.91 Å². The van der Waals surface area contributed by atoms with Crippen LogP contribution in [0.4, 0.5) is 5.69 Å². The van der Waals surface area contributed by atoms with Crippen LogP contribution in [0, 0.1) is 6.92 Å². The van der Waals surface area contributed by atoms with Crippen molar-refractivity contribution in [1.82, 2.24) is 10.3 Å². The Morgan fingerprint density at radius 3 is 2.62 bits per heavy atom. The van der Waals surface area contributed by atoms with E-state index in [0.717, 1.165) is 12.1 Å². The largest absolute Gasteiger partial charge is 0.340 e. The number of aromatic amines is 1. The summed E-state index contributed by atoms with van der Waals surface area (Å²) in [5.41, 5.74) is 1.07. The Bertz CT molecular complexity index is 814. The van der Waals surface area contributed by atoms with Crippen molar-refractivity contribution >= 4 is 17.5 Å². The second-order valence-corrected chi connectivity index (χ2v) is 5.88. The number of benzene rings is 1. The van der Waals surface area contributed by atoms with Crippen LogP contribution in [-0.4, -0.2) is 29.4 Å². The predicted octanol–water partition coefficient (Wildman–Crippen LogP) is 1.61. The normalized spacial score (nSPS) is 17.6. The predicted molar refractivity (Wildman–Crippen MR) is 91.1 cm³/mol. The lowest BCUT2D eigenvalue weighted by atomic mass is 10.0. The summed E-state index contributed by atoms with van der Waals surface area (Å²) in [4.78, 5) is 41.1. The number of aromatic nitrogens is 1. The molecule has 1 aliphatic rings. The molecule has 0 unspecified atom stereocenters. The molecule has 1 aromatic carbocycles. The Labute approximate surface area is 139 Å². The van der Waals surface area contributed by atoms with Gasteiger partial charge < -0.3 is 15.2 Å². The maximum Gasteiger partial charge on any atom is 0.260 e. The maximum absolute atomic E-state index is 12.7. The number of nitrogens with zero attached hydrogens (tertiary/aromatic N) is 1. The molecule has 2 N–H and O–H groups in total. The zero-order valence-corrected chi connectivity index (χ0v) is 13.4. The van der Waals surface area contributed by atoms with E-state index in [1.165, 1.54) is 6.07 Å². The van der Waals surface area contributed by atoms with Crippen LogP contribution in [0.15, 0.2) is 47.3 Å². The van der Waals surface area contributed by atoms with E-state index >= 15 is 0 Å². The van der Waals surface area contributed by atoms with Gasteiger partial charge in [0.25, 0.3) is 11.5 Å². The molecule has 1 atom stereocenters. The lowest BCUT2D eigenvalue weighted by molar-refractivity contribution is -0.121. The van der Waals surface area contributed by atoms with Crippen molar-refractivity contribution in [2.75, 3.05) is 11.4 Å². The standard InChI is InChI=1S/C18H19N3O3/c1-12-9-10-14(16(22)19-12)17(23)20-15-8-5-11-21(18(15)24)13-6-3-2-4-7-13/h2-4,6-7,9-10,15H,5,8,11H2,1H3,(H,19,22)(H,20,23)/t15-/m0/s1. The number of pyridine rings is 1. The second kappa shape index (κ2) is 6.70. The Morgan fingerprint density at radius 2 is 1.92 bits per heavy atom. The first-order chi connectivity index (χ1) is 11.6. The third-order valence-corrected chi connectivity index (χ3v) is 4.11. The summed E-state index contributed by atoms with van der Waals surface area (Å²) in [6, 6.07) is 11.9. The van der Waals surface area contributed by atoms with E-state index in [4.69, 9.17) is 0 Å². The third kappa shape index (κ3) is 3.22. The molecule has 3 rings (SSSR count). The van der Waals surface area contributed by atoms with E-state index in [2.05, 4.69) is 10.3 Å². The number of rotatable bonds is 3. The molecule has 1 fully saturated rings. The first-order valence-corrected chi connectivity index (χ1v) is 7.93. The van der Waals surface area contributed by atoms with Crippen molar-refractivity contribution in [3.8, 4) is 0 Å². The number of amides is 2. The fourth-order valence-corrected chi connectivity index (χ4v) is 2.86. The minimum atomic E-state index is -0.618. The smallest absolute Gasteiger partial charge is 0.260 e. The van der Waals surface area contributed by atoms with Gasteiger partial charge >= 0.3 is 0 Å². The van der Waals surface area contributed by atoms with Gasteiger partial charge in [-0.3, -0.25) is 14.4 Å². The average Bonchev–Trinajstić information content (AvgIpc) is 2.57. The highest BCUT2D eigenvalue weighted by Crippen LogP contribution is 2.20. The number of nitrogens with one attached hydrogen (secondary N) is 2. The van der Waals surface area contributed by atoms with Crippen LogP contribution in [-0.2, 0) is 4.79 Å². The molecule has 0 radical (unpaired) electrons. The molecule has 24 heavy (non-hydrogen) atoms. The van der Waals surface area contributed by atoms with Gasteiger partial charge in [-0.15, -0.1) is 0 Å². The highest BCUT2D eigenvalue weighted by molar-refractivity contribution is 6.02. The summed E-state index contributed by atoms with van der Waals surface area (Å²) in [6.07, 6.45) is 1.35.